The Labute approximate surface area is 161 Å². The van der Waals surface area contributed by atoms with Crippen LogP contribution >= 0.6 is 0 Å². The fourth-order valence-corrected chi connectivity index (χ4v) is 3.30. The van der Waals surface area contributed by atoms with Crippen LogP contribution in [0.3, 0.4) is 0 Å². The van der Waals surface area contributed by atoms with Crippen molar-refractivity contribution in [3.05, 3.63) is 47.8 Å². The zero-order valence-electron chi connectivity index (χ0n) is 16.6. The number of hydrogen-bond donors (Lipinski definition) is 0. The summed E-state index contributed by atoms with van der Waals surface area (Å²) in [6.07, 6.45) is 5.54. The van der Waals surface area contributed by atoms with Crippen molar-refractivity contribution in [3.8, 4) is 0 Å². The number of aryl methyl sites for hydroxylation is 1. The predicted octanol–water partition coefficient (Wildman–Crippen LogP) is 2.98. The monoisotopic (exact) mass is 367 g/mol. The molecule has 0 saturated carbocycles. The molecule has 0 spiro atoms. The lowest BCUT2D eigenvalue weighted by Crippen LogP contribution is -2.48. The predicted molar refractivity (Wildman–Crippen MR) is 110 cm³/mol. The van der Waals surface area contributed by atoms with E-state index >= 15 is 0 Å². The molecule has 2 aromatic rings. The maximum absolute atomic E-state index is 12.8. The van der Waals surface area contributed by atoms with Crippen LogP contribution in [-0.2, 0) is 0 Å². The fraction of sp³-hybridized carbons (Fsp3) is 0.476. The molecule has 3 rings (SSSR count). The molecule has 0 radical (unpaired) electrons. The maximum Gasteiger partial charge on any atom is 0.257 e. The summed E-state index contributed by atoms with van der Waals surface area (Å²) in [6, 6.07) is 8.51. The fourth-order valence-electron chi connectivity index (χ4n) is 3.30. The van der Waals surface area contributed by atoms with Gasteiger partial charge in [-0.3, -0.25) is 4.79 Å². The highest BCUT2D eigenvalue weighted by Gasteiger charge is 2.23. The minimum atomic E-state index is 0.0154. The van der Waals surface area contributed by atoms with Gasteiger partial charge in [0.05, 0.1) is 5.56 Å². The first kappa shape index (κ1) is 19.1. The summed E-state index contributed by atoms with van der Waals surface area (Å²) in [5, 5.41) is 0. The quantitative estimate of drug-likeness (QED) is 0.786. The van der Waals surface area contributed by atoms with E-state index in [1.54, 1.807) is 12.4 Å². The van der Waals surface area contributed by atoms with Gasteiger partial charge in [0.1, 0.15) is 0 Å². The highest BCUT2D eigenvalue weighted by Crippen LogP contribution is 2.18. The summed E-state index contributed by atoms with van der Waals surface area (Å²) in [5.41, 5.74) is 3.05. The van der Waals surface area contributed by atoms with E-state index in [0.717, 1.165) is 32.5 Å². The molecule has 0 bridgehead atoms. The number of unbranched alkanes of at least 4 members (excludes halogenated alkanes) is 1. The molecule has 0 unspecified atom stereocenters. The summed E-state index contributed by atoms with van der Waals surface area (Å²) in [5.74, 6) is 0.686. The summed E-state index contributed by atoms with van der Waals surface area (Å²) in [7, 11) is 1.98. The number of aromatic nitrogens is 2. The lowest BCUT2D eigenvalue weighted by Gasteiger charge is -2.36. The Hall–Kier alpha value is -2.63. The minimum Gasteiger partial charge on any atom is -0.368 e. The number of carbonyl (C=O) groups is 1. The van der Waals surface area contributed by atoms with Crippen LogP contribution in [-0.4, -0.2) is 60.5 Å². The van der Waals surface area contributed by atoms with Crippen molar-refractivity contribution < 1.29 is 4.79 Å². The number of rotatable bonds is 6. The standard InChI is InChI=1S/C21H29N5O/c1-4-5-9-24(3)21-22-15-18(16-23-21)20(27)26-12-10-25(11-13-26)19-8-6-7-17(2)14-19/h6-8,14-16H,4-5,9-13H2,1-3H3. The normalized spacial score (nSPS) is 14.3. The first-order valence-corrected chi connectivity index (χ1v) is 9.72. The van der Waals surface area contributed by atoms with E-state index in [4.69, 9.17) is 0 Å². The van der Waals surface area contributed by atoms with Crippen LogP contribution in [0.5, 0.6) is 0 Å². The van der Waals surface area contributed by atoms with Gasteiger partial charge in [0.2, 0.25) is 5.95 Å². The van der Waals surface area contributed by atoms with Crippen LogP contribution in [0.2, 0.25) is 0 Å². The van der Waals surface area contributed by atoms with Crippen molar-refractivity contribution in [2.45, 2.75) is 26.7 Å². The summed E-state index contributed by atoms with van der Waals surface area (Å²) in [6.45, 7) is 8.30. The van der Waals surface area contributed by atoms with Crippen LogP contribution in [0.15, 0.2) is 36.7 Å². The minimum absolute atomic E-state index is 0.0154. The molecule has 6 heteroatoms. The lowest BCUT2D eigenvalue weighted by molar-refractivity contribution is 0.0746. The molecule has 6 nitrogen and oxygen atoms in total. The second-order valence-corrected chi connectivity index (χ2v) is 7.17. The molecule has 0 aliphatic carbocycles. The molecule has 0 atom stereocenters. The topological polar surface area (TPSA) is 52.6 Å². The van der Waals surface area contributed by atoms with Crippen LogP contribution in [0, 0.1) is 6.92 Å². The van der Waals surface area contributed by atoms with Gasteiger partial charge in [-0.2, -0.15) is 0 Å². The van der Waals surface area contributed by atoms with Crippen LogP contribution in [0.4, 0.5) is 11.6 Å². The summed E-state index contributed by atoms with van der Waals surface area (Å²) < 4.78 is 0. The second kappa shape index (κ2) is 8.84. The van der Waals surface area contributed by atoms with Crippen molar-refractivity contribution >= 4 is 17.5 Å². The Morgan fingerprint density at radius 3 is 2.48 bits per heavy atom. The van der Waals surface area contributed by atoms with E-state index in [9.17, 15) is 4.79 Å². The number of nitrogens with zero attached hydrogens (tertiary/aromatic N) is 5. The SMILES string of the molecule is CCCCN(C)c1ncc(C(=O)N2CCN(c3cccc(C)c3)CC2)cn1. The molecule has 1 aliphatic heterocycles. The average Bonchev–Trinajstić information content (AvgIpc) is 2.71. The molecule has 1 amide bonds. The summed E-state index contributed by atoms with van der Waals surface area (Å²) in [4.78, 5) is 27.8. The van der Waals surface area contributed by atoms with Gasteiger partial charge in [-0.25, -0.2) is 9.97 Å². The van der Waals surface area contributed by atoms with E-state index in [1.165, 1.54) is 11.3 Å². The van der Waals surface area contributed by atoms with E-state index in [2.05, 4.69) is 53.0 Å². The van der Waals surface area contributed by atoms with Crippen LogP contribution in [0.1, 0.15) is 35.7 Å². The van der Waals surface area contributed by atoms with Gasteiger partial charge in [0.25, 0.3) is 5.91 Å². The molecule has 27 heavy (non-hydrogen) atoms. The smallest absolute Gasteiger partial charge is 0.257 e. The second-order valence-electron chi connectivity index (χ2n) is 7.17. The Kier molecular flexibility index (Phi) is 6.27. The Morgan fingerprint density at radius 2 is 1.85 bits per heavy atom. The van der Waals surface area contributed by atoms with Gasteiger partial charge in [0.15, 0.2) is 0 Å². The van der Waals surface area contributed by atoms with Crippen molar-refractivity contribution in [2.24, 2.45) is 0 Å². The third-order valence-corrected chi connectivity index (χ3v) is 5.01. The Morgan fingerprint density at radius 1 is 1.15 bits per heavy atom. The molecule has 1 saturated heterocycles. The largest absolute Gasteiger partial charge is 0.368 e. The number of piperazine rings is 1. The molecule has 1 aromatic carbocycles. The van der Waals surface area contributed by atoms with Crippen LogP contribution in [0.25, 0.3) is 0 Å². The number of benzene rings is 1. The van der Waals surface area contributed by atoms with Gasteiger partial charge in [-0.15, -0.1) is 0 Å². The Bertz CT molecular complexity index is 753. The third-order valence-electron chi connectivity index (χ3n) is 5.01. The van der Waals surface area contributed by atoms with Crippen molar-refractivity contribution in [1.29, 1.82) is 0 Å². The van der Waals surface area contributed by atoms with Crippen molar-refractivity contribution in [2.75, 3.05) is 49.6 Å². The molecule has 1 fully saturated rings. The zero-order chi connectivity index (χ0) is 19.2. The summed E-state index contributed by atoms with van der Waals surface area (Å²) >= 11 is 0. The number of amides is 1. The molecule has 0 N–H and O–H groups in total. The molecule has 2 heterocycles. The van der Waals surface area contributed by atoms with Crippen molar-refractivity contribution in [1.82, 2.24) is 14.9 Å². The van der Waals surface area contributed by atoms with Crippen molar-refractivity contribution in [3.63, 3.8) is 0 Å². The highest BCUT2D eigenvalue weighted by atomic mass is 16.2. The van der Waals surface area contributed by atoms with Gasteiger partial charge in [-0.1, -0.05) is 25.5 Å². The average molecular weight is 367 g/mol. The van der Waals surface area contributed by atoms with E-state index in [0.29, 0.717) is 24.6 Å². The third kappa shape index (κ3) is 4.76. The first-order valence-electron chi connectivity index (χ1n) is 9.72. The van der Waals surface area contributed by atoms with Crippen LogP contribution < -0.4 is 9.80 Å². The highest BCUT2D eigenvalue weighted by molar-refractivity contribution is 5.93. The molecular weight excluding hydrogens is 338 g/mol. The van der Waals surface area contributed by atoms with E-state index < -0.39 is 0 Å². The molecule has 144 valence electrons. The van der Waals surface area contributed by atoms with Gasteiger partial charge in [0, 0.05) is 57.9 Å². The molecular formula is C21H29N5O. The Balaban J connectivity index is 1.57. The zero-order valence-corrected chi connectivity index (χ0v) is 16.6. The molecule has 1 aromatic heterocycles. The number of carbonyl (C=O) groups excluding carboxylic acids is 1. The van der Waals surface area contributed by atoms with Gasteiger partial charge in [-0.05, 0) is 31.0 Å². The number of hydrogen-bond acceptors (Lipinski definition) is 5. The maximum atomic E-state index is 12.8. The first-order chi connectivity index (χ1) is 13.1. The number of anilines is 2. The van der Waals surface area contributed by atoms with E-state index in [-0.39, 0.29) is 5.91 Å². The van der Waals surface area contributed by atoms with E-state index in [1.807, 2.05) is 16.8 Å². The lowest BCUT2D eigenvalue weighted by atomic mass is 10.2. The van der Waals surface area contributed by atoms with Gasteiger partial charge >= 0.3 is 0 Å². The molecule has 1 aliphatic rings. The van der Waals surface area contributed by atoms with Gasteiger partial charge < -0.3 is 14.7 Å².